The van der Waals surface area contributed by atoms with Crippen molar-refractivity contribution in [3.63, 3.8) is 0 Å². The number of carbonyl (C=O) groups excluding carboxylic acids is 1. The minimum absolute atomic E-state index is 0.325. The number of amides is 1. The van der Waals surface area contributed by atoms with Crippen molar-refractivity contribution in [2.45, 2.75) is 6.61 Å². The summed E-state index contributed by atoms with van der Waals surface area (Å²) in [4.78, 5) is 16.4. The van der Waals surface area contributed by atoms with E-state index in [-0.39, 0.29) is 5.91 Å². The maximum absolute atomic E-state index is 13.2. The Morgan fingerprint density at radius 2 is 1.89 bits per heavy atom. The van der Waals surface area contributed by atoms with Gasteiger partial charge in [0.05, 0.1) is 12.7 Å². The van der Waals surface area contributed by atoms with E-state index >= 15 is 0 Å². The number of benzene rings is 2. The topological polar surface area (TPSA) is 60.5 Å². The Kier molecular flexibility index (Phi) is 6.03. The number of hydrogen-bond donors (Lipinski definition) is 1. The van der Waals surface area contributed by atoms with Gasteiger partial charge >= 0.3 is 0 Å². The van der Waals surface area contributed by atoms with Crippen LogP contribution >= 0.6 is 15.9 Å². The fraction of sp³-hybridized carbons (Fsp3) is 0.100. The molecule has 2 aromatic carbocycles. The van der Waals surface area contributed by atoms with E-state index in [1.165, 1.54) is 18.2 Å². The molecule has 1 aromatic heterocycles. The second kappa shape index (κ2) is 8.64. The number of aromatic nitrogens is 1. The lowest BCUT2D eigenvalue weighted by Gasteiger charge is -2.13. The molecule has 0 fully saturated rings. The molecule has 0 bridgehead atoms. The molecule has 5 nitrogen and oxygen atoms in total. The highest BCUT2D eigenvalue weighted by molar-refractivity contribution is 9.10. The van der Waals surface area contributed by atoms with E-state index in [0.29, 0.717) is 33.8 Å². The van der Waals surface area contributed by atoms with E-state index in [0.717, 1.165) is 5.56 Å². The summed E-state index contributed by atoms with van der Waals surface area (Å²) in [5.41, 5.74) is 1.81. The summed E-state index contributed by atoms with van der Waals surface area (Å²) in [7, 11) is 1.54. The highest BCUT2D eigenvalue weighted by Crippen LogP contribution is 2.31. The second-order valence-electron chi connectivity index (χ2n) is 5.59. The molecular formula is C20H16BrFN2O3. The Morgan fingerprint density at radius 3 is 2.59 bits per heavy atom. The van der Waals surface area contributed by atoms with Gasteiger partial charge < -0.3 is 14.8 Å². The molecule has 138 valence electrons. The van der Waals surface area contributed by atoms with Gasteiger partial charge in [-0.2, -0.15) is 0 Å². The average molecular weight is 431 g/mol. The Labute approximate surface area is 164 Å². The van der Waals surface area contributed by atoms with Crippen LogP contribution in [0.5, 0.6) is 11.5 Å². The van der Waals surface area contributed by atoms with Crippen molar-refractivity contribution < 1.29 is 18.7 Å². The van der Waals surface area contributed by atoms with Crippen molar-refractivity contribution in [3.8, 4) is 11.5 Å². The molecule has 0 aliphatic heterocycles. The third-order valence-corrected chi connectivity index (χ3v) is 4.40. The van der Waals surface area contributed by atoms with Crippen LogP contribution in [0.1, 0.15) is 15.9 Å². The Hall–Kier alpha value is -2.93. The van der Waals surface area contributed by atoms with E-state index in [9.17, 15) is 9.18 Å². The van der Waals surface area contributed by atoms with Gasteiger partial charge in [-0.05, 0) is 64.0 Å². The molecule has 1 heterocycles. The maximum atomic E-state index is 13.2. The fourth-order valence-corrected chi connectivity index (χ4v) is 2.91. The minimum Gasteiger partial charge on any atom is -0.493 e. The molecule has 0 saturated heterocycles. The van der Waals surface area contributed by atoms with Gasteiger partial charge in [-0.25, -0.2) is 4.39 Å². The Balaban J connectivity index is 1.77. The molecule has 3 rings (SSSR count). The van der Waals surface area contributed by atoms with Crippen LogP contribution in [0, 0.1) is 5.82 Å². The van der Waals surface area contributed by atoms with E-state index in [1.807, 2.05) is 12.1 Å². The highest BCUT2D eigenvalue weighted by Gasteiger charge is 2.13. The van der Waals surface area contributed by atoms with Gasteiger partial charge in [-0.15, -0.1) is 0 Å². The molecule has 0 spiro atoms. The number of ether oxygens (including phenoxy) is 2. The van der Waals surface area contributed by atoms with Gasteiger partial charge in [0.2, 0.25) is 0 Å². The molecule has 0 saturated carbocycles. The van der Waals surface area contributed by atoms with Gasteiger partial charge in [0.15, 0.2) is 11.5 Å². The van der Waals surface area contributed by atoms with E-state index in [1.54, 1.807) is 37.7 Å². The molecule has 1 amide bonds. The van der Waals surface area contributed by atoms with E-state index < -0.39 is 5.82 Å². The van der Waals surface area contributed by atoms with E-state index in [4.69, 9.17) is 9.47 Å². The lowest BCUT2D eigenvalue weighted by atomic mass is 10.2. The Morgan fingerprint density at radius 1 is 1.11 bits per heavy atom. The van der Waals surface area contributed by atoms with Gasteiger partial charge in [0.1, 0.15) is 12.4 Å². The predicted octanol–water partition coefficient (Wildman–Crippen LogP) is 4.82. The first-order valence-electron chi connectivity index (χ1n) is 8.03. The summed E-state index contributed by atoms with van der Waals surface area (Å²) in [5.74, 6) is 0.247. The predicted molar refractivity (Wildman–Crippen MR) is 104 cm³/mol. The van der Waals surface area contributed by atoms with Crippen LogP contribution < -0.4 is 14.8 Å². The smallest absolute Gasteiger partial charge is 0.256 e. The number of anilines is 1. The van der Waals surface area contributed by atoms with Crippen LogP contribution in [-0.2, 0) is 6.61 Å². The highest BCUT2D eigenvalue weighted by atomic mass is 79.9. The summed E-state index contributed by atoms with van der Waals surface area (Å²) >= 11 is 3.20. The lowest BCUT2D eigenvalue weighted by molar-refractivity contribution is 0.102. The number of hydrogen-bond acceptors (Lipinski definition) is 4. The van der Waals surface area contributed by atoms with Crippen LogP contribution in [0.3, 0.4) is 0 Å². The van der Waals surface area contributed by atoms with Gasteiger partial charge in [0.25, 0.3) is 5.91 Å². The third kappa shape index (κ3) is 4.83. The van der Waals surface area contributed by atoms with Crippen LogP contribution in [0.15, 0.2) is 65.4 Å². The number of rotatable bonds is 6. The van der Waals surface area contributed by atoms with Gasteiger partial charge in [-0.1, -0.05) is 0 Å². The Bertz CT molecular complexity index is 951. The lowest BCUT2D eigenvalue weighted by Crippen LogP contribution is -2.13. The van der Waals surface area contributed by atoms with Crippen molar-refractivity contribution in [2.24, 2.45) is 0 Å². The number of methoxy groups -OCH3 is 1. The molecule has 27 heavy (non-hydrogen) atoms. The zero-order chi connectivity index (χ0) is 19.2. The number of halogens is 2. The molecule has 3 aromatic rings. The zero-order valence-electron chi connectivity index (χ0n) is 14.4. The normalized spacial score (nSPS) is 10.3. The monoisotopic (exact) mass is 430 g/mol. The molecule has 0 aliphatic carbocycles. The summed E-state index contributed by atoms with van der Waals surface area (Å²) in [5, 5.41) is 2.77. The molecule has 1 N–H and O–H groups in total. The molecule has 0 radical (unpaired) electrons. The molecule has 7 heteroatoms. The largest absolute Gasteiger partial charge is 0.493 e. The summed E-state index contributed by atoms with van der Waals surface area (Å²) in [6, 6.07) is 12.7. The maximum Gasteiger partial charge on any atom is 0.256 e. The molecule has 0 aliphatic rings. The first kappa shape index (κ1) is 18.8. The number of carbonyl (C=O) groups is 1. The summed E-state index contributed by atoms with van der Waals surface area (Å²) in [6.07, 6.45) is 3.38. The first-order valence-corrected chi connectivity index (χ1v) is 8.82. The SMILES string of the molecule is COc1ccc(NC(=O)c2ccc(F)cc2Br)cc1OCc1ccncc1. The summed E-state index contributed by atoms with van der Waals surface area (Å²) in [6.45, 7) is 0.333. The van der Waals surface area contributed by atoms with Crippen molar-refractivity contribution in [1.82, 2.24) is 4.98 Å². The number of pyridine rings is 1. The first-order chi connectivity index (χ1) is 13.1. The molecule has 0 unspecified atom stereocenters. The standard InChI is InChI=1S/C20H16BrFN2O3/c1-26-18-5-3-15(11-19(18)27-12-13-6-8-23-9-7-13)24-20(25)16-4-2-14(22)10-17(16)21/h2-11H,12H2,1H3,(H,24,25). The number of nitrogens with one attached hydrogen (secondary N) is 1. The summed E-state index contributed by atoms with van der Waals surface area (Å²) < 4.78 is 24.7. The van der Waals surface area contributed by atoms with Crippen LogP contribution in [-0.4, -0.2) is 18.0 Å². The van der Waals surface area contributed by atoms with Crippen molar-refractivity contribution in [3.05, 3.63) is 82.3 Å². The minimum atomic E-state index is -0.422. The van der Waals surface area contributed by atoms with Crippen LogP contribution in [0.2, 0.25) is 0 Å². The van der Waals surface area contributed by atoms with Crippen molar-refractivity contribution in [1.29, 1.82) is 0 Å². The van der Waals surface area contributed by atoms with Gasteiger partial charge in [-0.3, -0.25) is 9.78 Å². The fourth-order valence-electron chi connectivity index (χ4n) is 2.38. The van der Waals surface area contributed by atoms with Gasteiger partial charge in [0, 0.05) is 28.6 Å². The molecular weight excluding hydrogens is 415 g/mol. The zero-order valence-corrected chi connectivity index (χ0v) is 16.0. The van der Waals surface area contributed by atoms with Crippen molar-refractivity contribution in [2.75, 3.05) is 12.4 Å². The second-order valence-corrected chi connectivity index (χ2v) is 6.44. The quantitative estimate of drug-likeness (QED) is 0.608. The molecule has 0 atom stereocenters. The average Bonchev–Trinajstić information content (AvgIpc) is 2.67. The number of nitrogens with zero attached hydrogens (tertiary/aromatic N) is 1. The van der Waals surface area contributed by atoms with E-state index in [2.05, 4.69) is 26.2 Å². The van der Waals surface area contributed by atoms with Crippen LogP contribution in [0.4, 0.5) is 10.1 Å². The third-order valence-electron chi connectivity index (χ3n) is 3.74. The van der Waals surface area contributed by atoms with Crippen molar-refractivity contribution >= 4 is 27.5 Å². The van der Waals surface area contributed by atoms with Crippen LogP contribution in [0.25, 0.3) is 0 Å².